The van der Waals surface area contributed by atoms with Crippen molar-refractivity contribution in [2.75, 3.05) is 0 Å². The molecule has 4 heteroatoms. The van der Waals surface area contributed by atoms with Gasteiger partial charge in [0.05, 0.1) is 0 Å². The Bertz CT molecular complexity index is 1040. The Kier molecular flexibility index (Phi) is 7.41. The predicted molar refractivity (Wildman–Crippen MR) is 126 cm³/mol. The smallest absolute Gasteiger partial charge is 0.167 e. The molecule has 0 heterocycles. The molecule has 2 aromatic carbocycles. The molecular formula is C29H32F4. The largest absolute Gasteiger partial charge is 0.203 e. The minimum atomic E-state index is -1.13. The molecule has 2 saturated carbocycles. The minimum Gasteiger partial charge on any atom is -0.203 e. The number of hydrogen-bond donors (Lipinski definition) is 0. The van der Waals surface area contributed by atoms with Crippen molar-refractivity contribution in [2.24, 2.45) is 17.8 Å². The fraction of sp³-hybridized carbons (Fsp3) is 0.448. The van der Waals surface area contributed by atoms with Crippen molar-refractivity contribution in [3.05, 3.63) is 83.5 Å². The molecule has 2 fully saturated rings. The Morgan fingerprint density at radius 1 is 0.818 bits per heavy atom. The minimum absolute atomic E-state index is 0.0364. The summed E-state index contributed by atoms with van der Waals surface area (Å²) in [5.41, 5.74) is 0.128. The zero-order chi connectivity index (χ0) is 23.5. The molecule has 0 amide bonds. The van der Waals surface area contributed by atoms with Crippen molar-refractivity contribution < 1.29 is 17.6 Å². The molecule has 0 nitrogen and oxygen atoms in total. The van der Waals surface area contributed by atoms with E-state index in [0.29, 0.717) is 36.2 Å². The van der Waals surface area contributed by atoms with E-state index in [1.165, 1.54) is 18.2 Å². The molecule has 4 atom stereocenters. The Labute approximate surface area is 194 Å². The highest BCUT2D eigenvalue weighted by Crippen LogP contribution is 2.48. The number of fused-ring (bicyclic) bond motifs is 1. The van der Waals surface area contributed by atoms with Gasteiger partial charge in [-0.05, 0) is 93.1 Å². The lowest BCUT2D eigenvalue weighted by Gasteiger charge is -2.41. The molecule has 0 aromatic heterocycles. The van der Waals surface area contributed by atoms with Crippen LogP contribution in [0.1, 0.15) is 68.9 Å². The van der Waals surface area contributed by atoms with Crippen molar-refractivity contribution in [2.45, 2.75) is 64.2 Å². The normalized spacial score (nSPS) is 25.2. The maximum atomic E-state index is 15.2. The fourth-order valence-corrected chi connectivity index (χ4v) is 5.91. The van der Waals surface area contributed by atoms with E-state index in [1.807, 2.05) is 25.2 Å². The molecule has 4 unspecified atom stereocenters. The number of allylic oxidation sites excluding steroid dienone is 3. The van der Waals surface area contributed by atoms with Crippen LogP contribution in [0.4, 0.5) is 17.6 Å². The SMILES string of the molecule is C=CC1CCC2CC(c3ccc(-c4ccc(CC/C=C/C)c(F)c4F)c(F)c3F)CCC2C1. The van der Waals surface area contributed by atoms with Gasteiger partial charge in [-0.15, -0.1) is 6.58 Å². The van der Waals surface area contributed by atoms with Crippen LogP contribution >= 0.6 is 0 Å². The van der Waals surface area contributed by atoms with Crippen LogP contribution in [0, 0.1) is 41.0 Å². The third kappa shape index (κ3) is 4.81. The highest BCUT2D eigenvalue weighted by Gasteiger charge is 2.36. The zero-order valence-electron chi connectivity index (χ0n) is 19.2. The molecule has 2 aromatic rings. The molecule has 0 radical (unpaired) electrons. The molecule has 2 aliphatic carbocycles. The van der Waals surface area contributed by atoms with Gasteiger partial charge >= 0.3 is 0 Å². The van der Waals surface area contributed by atoms with Crippen LogP contribution in [0.2, 0.25) is 0 Å². The maximum absolute atomic E-state index is 15.2. The molecule has 0 saturated heterocycles. The van der Waals surface area contributed by atoms with Crippen LogP contribution in [0.3, 0.4) is 0 Å². The second-order valence-electron chi connectivity index (χ2n) is 9.68. The van der Waals surface area contributed by atoms with E-state index >= 15 is 8.78 Å². The van der Waals surface area contributed by atoms with Gasteiger partial charge < -0.3 is 0 Å². The number of benzene rings is 2. The molecule has 0 N–H and O–H groups in total. The van der Waals surface area contributed by atoms with E-state index in [-0.39, 0.29) is 22.6 Å². The van der Waals surface area contributed by atoms with Crippen molar-refractivity contribution in [1.82, 2.24) is 0 Å². The van der Waals surface area contributed by atoms with Crippen molar-refractivity contribution in [3.63, 3.8) is 0 Å². The maximum Gasteiger partial charge on any atom is 0.167 e. The summed E-state index contributed by atoms with van der Waals surface area (Å²) < 4.78 is 59.6. The first kappa shape index (κ1) is 23.8. The summed E-state index contributed by atoms with van der Waals surface area (Å²) in [5, 5.41) is 0. The van der Waals surface area contributed by atoms with Crippen LogP contribution in [0.25, 0.3) is 11.1 Å². The lowest BCUT2D eigenvalue weighted by molar-refractivity contribution is 0.132. The van der Waals surface area contributed by atoms with Crippen LogP contribution in [-0.2, 0) is 6.42 Å². The van der Waals surface area contributed by atoms with Gasteiger partial charge in [0.25, 0.3) is 0 Å². The average molecular weight is 457 g/mol. The average Bonchev–Trinajstić information content (AvgIpc) is 2.83. The van der Waals surface area contributed by atoms with E-state index in [4.69, 9.17) is 0 Å². The molecule has 33 heavy (non-hydrogen) atoms. The van der Waals surface area contributed by atoms with E-state index < -0.39 is 23.3 Å². The molecule has 2 aliphatic rings. The molecule has 0 bridgehead atoms. The van der Waals surface area contributed by atoms with E-state index in [0.717, 1.165) is 38.5 Å². The van der Waals surface area contributed by atoms with Gasteiger partial charge in [-0.25, -0.2) is 17.6 Å². The fourth-order valence-electron chi connectivity index (χ4n) is 5.91. The van der Waals surface area contributed by atoms with Crippen molar-refractivity contribution in [1.29, 1.82) is 0 Å². The Morgan fingerprint density at radius 2 is 1.48 bits per heavy atom. The van der Waals surface area contributed by atoms with Crippen LogP contribution < -0.4 is 0 Å². The Balaban J connectivity index is 1.56. The van der Waals surface area contributed by atoms with Crippen LogP contribution in [-0.4, -0.2) is 0 Å². The van der Waals surface area contributed by atoms with Gasteiger partial charge in [-0.2, -0.15) is 0 Å². The number of aryl methyl sites for hydroxylation is 1. The third-order valence-electron chi connectivity index (χ3n) is 7.81. The number of halogens is 4. The van der Waals surface area contributed by atoms with Crippen LogP contribution in [0.5, 0.6) is 0 Å². The van der Waals surface area contributed by atoms with Gasteiger partial charge in [0.1, 0.15) is 0 Å². The van der Waals surface area contributed by atoms with Gasteiger partial charge in [0.15, 0.2) is 23.3 Å². The first-order chi connectivity index (χ1) is 15.9. The number of hydrogen-bond acceptors (Lipinski definition) is 0. The summed E-state index contributed by atoms with van der Waals surface area (Å²) in [6, 6.07) is 5.80. The zero-order valence-corrected chi connectivity index (χ0v) is 19.2. The van der Waals surface area contributed by atoms with Crippen molar-refractivity contribution in [3.8, 4) is 11.1 Å². The second kappa shape index (κ2) is 10.3. The van der Waals surface area contributed by atoms with Gasteiger partial charge in [0, 0.05) is 11.1 Å². The predicted octanol–water partition coefficient (Wildman–Crippen LogP) is 8.90. The summed E-state index contributed by atoms with van der Waals surface area (Å²) >= 11 is 0. The topological polar surface area (TPSA) is 0 Å². The van der Waals surface area contributed by atoms with Gasteiger partial charge in [-0.3, -0.25) is 0 Å². The first-order valence-corrected chi connectivity index (χ1v) is 12.1. The lowest BCUT2D eigenvalue weighted by atomic mass is 9.64. The van der Waals surface area contributed by atoms with E-state index in [9.17, 15) is 8.78 Å². The van der Waals surface area contributed by atoms with E-state index in [1.54, 1.807) is 6.07 Å². The van der Waals surface area contributed by atoms with Crippen molar-refractivity contribution >= 4 is 0 Å². The quantitative estimate of drug-likeness (QED) is 0.301. The molecule has 0 aliphatic heterocycles. The van der Waals surface area contributed by atoms with Gasteiger partial charge in [-0.1, -0.05) is 42.5 Å². The van der Waals surface area contributed by atoms with E-state index in [2.05, 4.69) is 6.58 Å². The summed E-state index contributed by atoms with van der Waals surface area (Å²) in [6.07, 6.45) is 12.8. The summed E-state index contributed by atoms with van der Waals surface area (Å²) in [6.45, 7) is 5.79. The second-order valence-corrected chi connectivity index (χ2v) is 9.68. The third-order valence-corrected chi connectivity index (χ3v) is 7.81. The Morgan fingerprint density at radius 3 is 2.21 bits per heavy atom. The number of rotatable bonds is 6. The lowest BCUT2D eigenvalue weighted by Crippen LogP contribution is -2.30. The summed E-state index contributed by atoms with van der Waals surface area (Å²) in [5.74, 6) is -2.44. The molecule has 176 valence electrons. The highest BCUT2D eigenvalue weighted by atomic mass is 19.2. The molecule has 4 rings (SSSR count). The van der Waals surface area contributed by atoms with Crippen LogP contribution in [0.15, 0.2) is 49.1 Å². The Hall–Kier alpha value is -2.36. The first-order valence-electron chi connectivity index (χ1n) is 12.1. The standard InChI is InChI=1S/C29H32F4/c1-3-5-6-7-19-12-13-24(28(32)26(19)30)25-15-14-23(27(31)29(25)33)22-11-10-20-16-18(4-2)8-9-21(20)17-22/h3-5,12-15,18,20-22H,2,6-11,16-17H2,1H3/b5-3+. The monoisotopic (exact) mass is 456 g/mol. The summed E-state index contributed by atoms with van der Waals surface area (Å²) in [4.78, 5) is 0. The summed E-state index contributed by atoms with van der Waals surface area (Å²) in [7, 11) is 0. The molecule has 0 spiro atoms. The highest BCUT2D eigenvalue weighted by molar-refractivity contribution is 5.66. The molecular weight excluding hydrogens is 424 g/mol. The van der Waals surface area contributed by atoms with Gasteiger partial charge in [0.2, 0.25) is 0 Å².